The summed E-state index contributed by atoms with van der Waals surface area (Å²) in [4.78, 5) is 41.2. The maximum Gasteiger partial charge on any atom is 0.295 e. The van der Waals surface area contributed by atoms with E-state index in [4.69, 9.17) is 4.42 Å². The zero-order chi connectivity index (χ0) is 21.8. The average Bonchev–Trinajstić information content (AvgIpc) is 3.55. The minimum atomic E-state index is -0.875. The second kappa shape index (κ2) is 9.31. The fraction of sp³-hybridized carbons (Fsp3) is 0.292. The van der Waals surface area contributed by atoms with Crippen LogP contribution in [0.15, 0.2) is 64.6 Å². The number of carbonyl (C=O) groups is 3. The number of furan rings is 1. The first-order valence-corrected chi connectivity index (χ1v) is 11.2. The van der Waals surface area contributed by atoms with Crippen molar-refractivity contribution in [1.29, 1.82) is 0 Å². The molecule has 4 rings (SSSR count). The van der Waals surface area contributed by atoms with Crippen LogP contribution in [0.25, 0.3) is 0 Å². The second-order valence-electron chi connectivity index (χ2n) is 7.67. The summed E-state index contributed by atoms with van der Waals surface area (Å²) >= 11 is 1.41. The Kier molecular flexibility index (Phi) is 6.32. The molecule has 1 aromatic carbocycles. The number of hydrogen-bond donors (Lipinski definition) is 1. The van der Waals surface area contributed by atoms with Crippen LogP contribution in [0.4, 0.5) is 5.69 Å². The van der Waals surface area contributed by atoms with Gasteiger partial charge in [-0.15, -0.1) is 11.3 Å². The minimum Gasteiger partial charge on any atom is -0.459 e. The fourth-order valence-corrected chi connectivity index (χ4v) is 4.76. The molecule has 2 amide bonds. The van der Waals surface area contributed by atoms with Gasteiger partial charge in [-0.25, -0.2) is 0 Å². The van der Waals surface area contributed by atoms with Crippen molar-refractivity contribution in [3.8, 4) is 0 Å². The van der Waals surface area contributed by atoms with Crippen molar-refractivity contribution in [1.82, 2.24) is 5.32 Å². The van der Waals surface area contributed by atoms with Gasteiger partial charge in [0.2, 0.25) is 5.91 Å². The Balaban J connectivity index is 1.79. The van der Waals surface area contributed by atoms with Gasteiger partial charge in [-0.2, -0.15) is 0 Å². The van der Waals surface area contributed by atoms with Gasteiger partial charge in [-0.05, 0) is 55.5 Å². The van der Waals surface area contributed by atoms with E-state index in [1.807, 2.05) is 17.5 Å². The number of nitrogens with one attached hydrogen (secondary N) is 1. The number of benzene rings is 1. The average molecular weight is 437 g/mol. The van der Waals surface area contributed by atoms with E-state index in [1.165, 1.54) is 29.4 Å². The van der Waals surface area contributed by atoms with Crippen LogP contribution < -0.4 is 10.2 Å². The van der Waals surface area contributed by atoms with Crippen LogP contribution in [0.2, 0.25) is 0 Å². The van der Waals surface area contributed by atoms with Crippen LogP contribution in [-0.4, -0.2) is 23.6 Å². The van der Waals surface area contributed by atoms with E-state index in [-0.39, 0.29) is 23.5 Å². The predicted molar refractivity (Wildman–Crippen MR) is 119 cm³/mol. The van der Waals surface area contributed by atoms with Gasteiger partial charge in [0.05, 0.1) is 6.26 Å². The molecule has 0 spiro atoms. The zero-order valence-electron chi connectivity index (χ0n) is 17.2. The van der Waals surface area contributed by atoms with E-state index >= 15 is 0 Å². The molecule has 6 nitrogen and oxygen atoms in total. The van der Waals surface area contributed by atoms with Crippen molar-refractivity contribution in [3.05, 3.63) is 76.4 Å². The smallest absolute Gasteiger partial charge is 0.295 e. The number of anilines is 1. The highest BCUT2D eigenvalue weighted by Gasteiger charge is 2.36. The highest BCUT2D eigenvalue weighted by molar-refractivity contribution is 7.10. The third-order valence-corrected chi connectivity index (χ3v) is 6.43. The summed E-state index contributed by atoms with van der Waals surface area (Å²) in [5.41, 5.74) is 0.935. The Morgan fingerprint density at radius 2 is 1.90 bits per heavy atom. The van der Waals surface area contributed by atoms with E-state index < -0.39 is 11.9 Å². The highest BCUT2D eigenvalue weighted by atomic mass is 32.1. The molecule has 3 aromatic rings. The van der Waals surface area contributed by atoms with E-state index in [9.17, 15) is 14.4 Å². The molecule has 1 saturated carbocycles. The van der Waals surface area contributed by atoms with Crippen molar-refractivity contribution < 1.29 is 18.8 Å². The van der Waals surface area contributed by atoms with Gasteiger partial charge in [-0.1, -0.05) is 31.0 Å². The van der Waals surface area contributed by atoms with Crippen molar-refractivity contribution >= 4 is 34.6 Å². The lowest BCUT2D eigenvalue weighted by atomic mass is 10.1. The van der Waals surface area contributed by atoms with Crippen molar-refractivity contribution in [3.63, 3.8) is 0 Å². The molecule has 0 radical (unpaired) electrons. The maximum atomic E-state index is 13.5. The number of rotatable bonds is 7. The molecule has 0 saturated heterocycles. The first-order valence-electron chi connectivity index (χ1n) is 10.4. The van der Waals surface area contributed by atoms with E-state index in [2.05, 4.69) is 5.32 Å². The number of thiophene rings is 1. The van der Waals surface area contributed by atoms with E-state index in [0.29, 0.717) is 11.3 Å². The summed E-state index contributed by atoms with van der Waals surface area (Å²) in [6.45, 7) is 1.47. The van der Waals surface area contributed by atoms with Gasteiger partial charge >= 0.3 is 0 Å². The summed E-state index contributed by atoms with van der Waals surface area (Å²) in [6, 6.07) is 12.9. The minimum absolute atomic E-state index is 0.110. The Hall–Kier alpha value is -3.19. The molecule has 1 fully saturated rings. The van der Waals surface area contributed by atoms with Crippen LogP contribution in [0.1, 0.15) is 64.4 Å². The summed E-state index contributed by atoms with van der Waals surface area (Å²) in [6.07, 6.45) is 5.48. The van der Waals surface area contributed by atoms with Crippen molar-refractivity contribution in [2.45, 2.75) is 44.7 Å². The molecule has 1 atom stereocenters. The normalized spacial score (nSPS) is 14.9. The Morgan fingerprint density at radius 1 is 1.10 bits per heavy atom. The summed E-state index contributed by atoms with van der Waals surface area (Å²) in [5.74, 6) is -0.660. The lowest BCUT2D eigenvalue weighted by Crippen LogP contribution is -2.46. The molecule has 2 aromatic heterocycles. The maximum absolute atomic E-state index is 13.5. The summed E-state index contributed by atoms with van der Waals surface area (Å²) in [5, 5.41) is 5.01. The van der Waals surface area contributed by atoms with Gasteiger partial charge in [0.25, 0.3) is 5.91 Å². The first-order chi connectivity index (χ1) is 15.0. The van der Waals surface area contributed by atoms with Gasteiger partial charge in [0.15, 0.2) is 17.6 Å². The molecule has 0 aliphatic heterocycles. The predicted octanol–water partition coefficient (Wildman–Crippen LogP) is 4.99. The molecular formula is C24H24N2O4S. The Morgan fingerprint density at radius 3 is 2.55 bits per heavy atom. The van der Waals surface area contributed by atoms with Gasteiger partial charge in [0, 0.05) is 22.2 Å². The SMILES string of the molecule is CC(=O)c1cccc(N(C(=O)c2ccco2)C(C(=O)NC2CCCC2)c2cccs2)c1. The Bertz CT molecular complexity index is 1050. The van der Waals surface area contributed by atoms with Crippen LogP contribution in [0.3, 0.4) is 0 Å². The molecular weight excluding hydrogens is 412 g/mol. The molecule has 0 bridgehead atoms. The second-order valence-corrected chi connectivity index (χ2v) is 8.65. The third-order valence-electron chi connectivity index (χ3n) is 5.50. The highest BCUT2D eigenvalue weighted by Crippen LogP contribution is 2.33. The largest absolute Gasteiger partial charge is 0.459 e. The van der Waals surface area contributed by atoms with Gasteiger partial charge < -0.3 is 9.73 Å². The molecule has 7 heteroatoms. The van der Waals surface area contributed by atoms with E-state index in [1.54, 1.807) is 36.4 Å². The van der Waals surface area contributed by atoms with Crippen molar-refractivity contribution in [2.24, 2.45) is 0 Å². The topological polar surface area (TPSA) is 79.6 Å². The molecule has 2 heterocycles. The van der Waals surface area contributed by atoms with E-state index in [0.717, 1.165) is 30.6 Å². The molecule has 160 valence electrons. The lowest BCUT2D eigenvalue weighted by molar-refractivity contribution is -0.123. The summed E-state index contributed by atoms with van der Waals surface area (Å²) < 4.78 is 5.37. The lowest BCUT2D eigenvalue weighted by Gasteiger charge is -2.31. The van der Waals surface area contributed by atoms with Gasteiger partial charge in [-0.3, -0.25) is 19.3 Å². The van der Waals surface area contributed by atoms with Crippen LogP contribution >= 0.6 is 11.3 Å². The standard InChI is InChI=1S/C24H24N2O4S/c1-16(27)17-7-4-10-19(15-17)26(24(29)20-11-5-13-30-20)22(21-12-6-14-31-21)23(28)25-18-8-2-3-9-18/h4-7,10-15,18,22H,2-3,8-9H2,1H3,(H,25,28). The third kappa shape index (κ3) is 4.61. The summed E-state index contributed by atoms with van der Waals surface area (Å²) in [7, 11) is 0. The fourth-order valence-electron chi connectivity index (χ4n) is 3.95. The Labute approximate surface area is 184 Å². The number of Topliss-reactive ketones (excluding diaryl/α,β-unsaturated/α-hetero) is 1. The van der Waals surface area contributed by atoms with Crippen LogP contribution in [0.5, 0.6) is 0 Å². The first kappa shape index (κ1) is 21.1. The quantitative estimate of drug-likeness (QED) is 0.529. The van der Waals surface area contributed by atoms with Crippen LogP contribution in [0, 0.1) is 0 Å². The number of carbonyl (C=O) groups excluding carboxylic acids is 3. The zero-order valence-corrected chi connectivity index (χ0v) is 18.1. The van der Waals surface area contributed by atoms with Gasteiger partial charge in [0.1, 0.15) is 0 Å². The number of amides is 2. The molecule has 1 unspecified atom stereocenters. The molecule has 1 aliphatic rings. The number of nitrogens with zero attached hydrogens (tertiary/aromatic N) is 1. The molecule has 1 N–H and O–H groups in total. The monoisotopic (exact) mass is 436 g/mol. The molecule has 1 aliphatic carbocycles. The number of hydrogen-bond acceptors (Lipinski definition) is 5. The molecule has 31 heavy (non-hydrogen) atoms. The van der Waals surface area contributed by atoms with Crippen molar-refractivity contribution in [2.75, 3.05) is 4.90 Å². The van der Waals surface area contributed by atoms with Crippen LogP contribution in [-0.2, 0) is 4.79 Å². The number of ketones is 1.